The molecule has 0 saturated heterocycles. The molecule has 0 bridgehead atoms. The number of nitrogens with zero attached hydrogens (tertiary/aromatic N) is 1. The molecule has 3 rings (SSSR count). The molecule has 1 heterocycles. The van der Waals surface area contributed by atoms with Crippen LogP contribution in [0, 0.1) is 0 Å². The van der Waals surface area contributed by atoms with E-state index in [0.717, 1.165) is 19.4 Å². The molecule has 0 saturated carbocycles. The summed E-state index contributed by atoms with van der Waals surface area (Å²) < 4.78 is 5.41. The van der Waals surface area contributed by atoms with Crippen LogP contribution in [0.15, 0.2) is 54.6 Å². The topological polar surface area (TPSA) is 29.5 Å². The fraction of sp³-hybridized carbons (Fsp3) is 0.235. The molecular formula is C17H17NO2. The number of hydrogen-bond donors (Lipinski definition) is 0. The average molecular weight is 267 g/mol. The molecule has 0 spiro atoms. The van der Waals surface area contributed by atoms with Gasteiger partial charge < -0.3 is 9.64 Å². The summed E-state index contributed by atoms with van der Waals surface area (Å²) in [7, 11) is 0. The molecule has 3 heteroatoms. The van der Waals surface area contributed by atoms with E-state index in [0.29, 0.717) is 12.3 Å². The number of benzene rings is 2. The fourth-order valence-corrected chi connectivity index (χ4v) is 2.51. The summed E-state index contributed by atoms with van der Waals surface area (Å²) >= 11 is 0. The summed E-state index contributed by atoms with van der Waals surface area (Å²) in [6, 6.07) is 17.5. The first kappa shape index (κ1) is 12.7. The minimum absolute atomic E-state index is 0.270. The van der Waals surface area contributed by atoms with Crippen molar-refractivity contribution in [2.45, 2.75) is 19.4 Å². The maximum Gasteiger partial charge on any atom is 0.415 e. The smallest absolute Gasteiger partial charge is 0.410 e. The molecule has 0 radical (unpaired) electrons. The van der Waals surface area contributed by atoms with Gasteiger partial charge in [-0.2, -0.15) is 0 Å². The molecule has 1 aliphatic rings. The van der Waals surface area contributed by atoms with Gasteiger partial charge in [-0.1, -0.05) is 42.5 Å². The molecule has 0 atom stereocenters. The Kier molecular flexibility index (Phi) is 3.68. The highest BCUT2D eigenvalue weighted by Gasteiger charge is 2.20. The lowest BCUT2D eigenvalue weighted by Gasteiger charge is -2.20. The van der Waals surface area contributed by atoms with Crippen LogP contribution in [-0.4, -0.2) is 17.5 Å². The van der Waals surface area contributed by atoms with Gasteiger partial charge in [0.05, 0.1) is 0 Å². The van der Waals surface area contributed by atoms with Crippen molar-refractivity contribution in [1.29, 1.82) is 0 Å². The van der Waals surface area contributed by atoms with Crippen molar-refractivity contribution in [3.63, 3.8) is 0 Å². The third-order valence-corrected chi connectivity index (χ3v) is 3.56. The number of para-hydroxylation sites is 1. The molecule has 1 amide bonds. The van der Waals surface area contributed by atoms with E-state index in [4.69, 9.17) is 4.74 Å². The number of carbonyl (C=O) groups is 1. The number of aryl methyl sites for hydroxylation is 1. The third-order valence-electron chi connectivity index (χ3n) is 3.56. The van der Waals surface area contributed by atoms with Gasteiger partial charge in [0, 0.05) is 13.1 Å². The minimum atomic E-state index is -0.270. The maximum absolute atomic E-state index is 12.2. The van der Waals surface area contributed by atoms with Gasteiger partial charge >= 0.3 is 6.09 Å². The van der Waals surface area contributed by atoms with E-state index in [-0.39, 0.29) is 6.09 Å². The van der Waals surface area contributed by atoms with Crippen molar-refractivity contribution in [1.82, 2.24) is 4.90 Å². The van der Waals surface area contributed by atoms with E-state index in [9.17, 15) is 4.79 Å². The van der Waals surface area contributed by atoms with Crippen LogP contribution < -0.4 is 4.74 Å². The first-order valence-electron chi connectivity index (χ1n) is 6.91. The number of carbonyl (C=O) groups excluding carboxylic acids is 1. The lowest BCUT2D eigenvalue weighted by atomic mass is 10.0. The molecule has 3 nitrogen and oxygen atoms in total. The molecule has 1 aliphatic heterocycles. The first-order chi connectivity index (χ1) is 9.83. The molecule has 2 aromatic carbocycles. The molecule has 0 N–H and O–H groups in total. The summed E-state index contributed by atoms with van der Waals surface area (Å²) in [4.78, 5) is 14.0. The third kappa shape index (κ3) is 2.82. The maximum atomic E-state index is 12.2. The zero-order chi connectivity index (χ0) is 13.8. The summed E-state index contributed by atoms with van der Waals surface area (Å²) in [6.45, 7) is 1.36. The largest absolute Gasteiger partial charge is 0.415 e. The Morgan fingerprint density at radius 1 is 0.950 bits per heavy atom. The lowest BCUT2D eigenvalue weighted by Crippen LogP contribution is -2.33. The molecule has 0 aliphatic carbocycles. The molecule has 0 aromatic heterocycles. The number of fused-ring (bicyclic) bond motifs is 1. The zero-order valence-corrected chi connectivity index (χ0v) is 11.3. The van der Waals surface area contributed by atoms with Gasteiger partial charge in [-0.15, -0.1) is 0 Å². The van der Waals surface area contributed by atoms with Crippen molar-refractivity contribution >= 4 is 6.09 Å². The minimum Gasteiger partial charge on any atom is -0.410 e. The highest BCUT2D eigenvalue weighted by molar-refractivity contribution is 5.70. The Balaban J connectivity index is 1.73. The second kappa shape index (κ2) is 5.78. The monoisotopic (exact) mass is 267 g/mol. The van der Waals surface area contributed by atoms with Crippen LogP contribution in [0.2, 0.25) is 0 Å². The Morgan fingerprint density at radius 3 is 2.45 bits per heavy atom. The molecule has 0 fully saturated rings. The molecular weight excluding hydrogens is 250 g/mol. The van der Waals surface area contributed by atoms with E-state index in [1.165, 1.54) is 11.1 Å². The van der Waals surface area contributed by atoms with Gasteiger partial charge in [-0.3, -0.25) is 0 Å². The normalized spacial score (nSPS) is 14.3. The average Bonchev–Trinajstić information content (AvgIpc) is 2.70. The van der Waals surface area contributed by atoms with Gasteiger partial charge in [0.2, 0.25) is 0 Å². The van der Waals surface area contributed by atoms with Crippen LogP contribution in [0.3, 0.4) is 0 Å². The lowest BCUT2D eigenvalue weighted by molar-refractivity contribution is 0.150. The van der Waals surface area contributed by atoms with Gasteiger partial charge in [0.1, 0.15) is 5.75 Å². The quantitative estimate of drug-likeness (QED) is 0.789. The zero-order valence-electron chi connectivity index (χ0n) is 11.3. The van der Waals surface area contributed by atoms with Gasteiger partial charge in [-0.05, 0) is 36.1 Å². The Hall–Kier alpha value is -2.29. The second-order valence-corrected chi connectivity index (χ2v) is 4.97. The Labute approximate surface area is 118 Å². The van der Waals surface area contributed by atoms with E-state index in [2.05, 4.69) is 18.2 Å². The summed E-state index contributed by atoms with van der Waals surface area (Å²) in [5, 5.41) is 0. The SMILES string of the molecule is O=C(Oc1ccccc1)N1CCCc2ccccc2C1. The van der Waals surface area contributed by atoms with Crippen molar-refractivity contribution in [2.24, 2.45) is 0 Å². The van der Waals surface area contributed by atoms with Crippen LogP contribution in [0.4, 0.5) is 4.79 Å². The van der Waals surface area contributed by atoms with Gasteiger partial charge in [0.25, 0.3) is 0 Å². The fourth-order valence-electron chi connectivity index (χ4n) is 2.51. The number of rotatable bonds is 1. The van der Waals surface area contributed by atoms with Crippen LogP contribution >= 0.6 is 0 Å². The molecule has 0 unspecified atom stereocenters. The molecule has 102 valence electrons. The highest BCUT2D eigenvalue weighted by atomic mass is 16.6. The second-order valence-electron chi connectivity index (χ2n) is 4.97. The van der Waals surface area contributed by atoms with Crippen molar-refractivity contribution < 1.29 is 9.53 Å². The highest BCUT2D eigenvalue weighted by Crippen LogP contribution is 2.19. The number of hydrogen-bond acceptors (Lipinski definition) is 2. The molecule has 20 heavy (non-hydrogen) atoms. The van der Waals surface area contributed by atoms with E-state index >= 15 is 0 Å². The van der Waals surface area contributed by atoms with Crippen LogP contribution in [-0.2, 0) is 13.0 Å². The predicted molar refractivity (Wildman–Crippen MR) is 77.6 cm³/mol. The van der Waals surface area contributed by atoms with Crippen molar-refractivity contribution in [2.75, 3.05) is 6.54 Å². The van der Waals surface area contributed by atoms with Gasteiger partial charge in [-0.25, -0.2) is 4.79 Å². The predicted octanol–water partition coefficient (Wildman–Crippen LogP) is 3.63. The summed E-state index contributed by atoms with van der Waals surface area (Å²) in [6.07, 6.45) is 1.72. The number of ether oxygens (including phenoxy) is 1. The van der Waals surface area contributed by atoms with Gasteiger partial charge in [0.15, 0.2) is 0 Å². The summed E-state index contributed by atoms with van der Waals surface area (Å²) in [5.41, 5.74) is 2.55. The van der Waals surface area contributed by atoms with E-state index < -0.39 is 0 Å². The van der Waals surface area contributed by atoms with E-state index in [1.807, 2.05) is 24.3 Å². The summed E-state index contributed by atoms with van der Waals surface area (Å²) in [5.74, 6) is 0.593. The van der Waals surface area contributed by atoms with E-state index in [1.54, 1.807) is 17.0 Å². The Bertz CT molecular complexity index is 595. The van der Waals surface area contributed by atoms with Crippen molar-refractivity contribution in [3.05, 3.63) is 65.7 Å². The Morgan fingerprint density at radius 2 is 1.65 bits per heavy atom. The van der Waals surface area contributed by atoms with Crippen molar-refractivity contribution in [3.8, 4) is 5.75 Å². The molecule has 2 aromatic rings. The van der Waals surface area contributed by atoms with Crippen LogP contribution in [0.25, 0.3) is 0 Å². The van der Waals surface area contributed by atoms with Crippen LogP contribution in [0.1, 0.15) is 17.5 Å². The first-order valence-corrected chi connectivity index (χ1v) is 6.91. The van der Waals surface area contributed by atoms with Crippen LogP contribution in [0.5, 0.6) is 5.75 Å². The number of amides is 1. The standard InChI is InChI=1S/C17H17NO2/c19-17(20-16-10-2-1-3-11-16)18-12-6-9-14-7-4-5-8-15(14)13-18/h1-5,7-8,10-11H,6,9,12-13H2.